The number of nitrogens with zero attached hydrogens (tertiary/aromatic N) is 2. The van der Waals surface area contributed by atoms with Crippen LogP contribution in [0.3, 0.4) is 0 Å². The van der Waals surface area contributed by atoms with Crippen LogP contribution in [0.4, 0.5) is 0 Å². The molecule has 194 valence electrons. The fourth-order valence-corrected chi connectivity index (χ4v) is 7.06. The van der Waals surface area contributed by atoms with Crippen LogP contribution in [-0.4, -0.2) is 33.0 Å². The van der Waals surface area contributed by atoms with Crippen LogP contribution in [0.25, 0.3) is 0 Å². The molecule has 6 heteroatoms. The highest BCUT2D eigenvalue weighted by molar-refractivity contribution is 5.58. The molecule has 7 rings (SSSR count). The first-order chi connectivity index (χ1) is 18.7. The van der Waals surface area contributed by atoms with Crippen LogP contribution in [0.2, 0.25) is 0 Å². The molecule has 2 saturated heterocycles. The molecule has 6 nitrogen and oxygen atoms in total. The highest BCUT2D eigenvalue weighted by atomic mass is 15.0. The van der Waals surface area contributed by atoms with Crippen molar-refractivity contribution in [1.82, 2.24) is 30.6 Å². The first-order valence-corrected chi connectivity index (χ1v) is 14.5. The second kappa shape index (κ2) is 10.1. The fraction of sp³-hybridized carbons (Fsp3) is 0.500. The minimum atomic E-state index is 0.333. The second-order valence-electron chi connectivity index (χ2n) is 11.7. The van der Waals surface area contributed by atoms with Crippen LogP contribution in [0.1, 0.15) is 115 Å². The number of nitrogens with one attached hydrogen (secondary N) is 4. The van der Waals surface area contributed by atoms with Crippen LogP contribution in [0, 0.1) is 29.1 Å². The van der Waals surface area contributed by atoms with Crippen molar-refractivity contribution in [2.24, 2.45) is 5.41 Å². The van der Waals surface area contributed by atoms with E-state index in [9.17, 15) is 0 Å². The van der Waals surface area contributed by atoms with Crippen LogP contribution in [0.5, 0.6) is 0 Å². The molecule has 0 unspecified atom stereocenters. The van der Waals surface area contributed by atoms with Crippen molar-refractivity contribution in [1.29, 1.82) is 0 Å². The van der Waals surface area contributed by atoms with Gasteiger partial charge < -0.3 is 20.6 Å². The molecule has 2 atom stereocenters. The van der Waals surface area contributed by atoms with Gasteiger partial charge in [-0.25, -0.2) is 9.97 Å². The molecule has 3 aromatic rings. The molecule has 4 aliphatic rings. The summed E-state index contributed by atoms with van der Waals surface area (Å²) in [6, 6.07) is 5.04. The van der Waals surface area contributed by atoms with E-state index < -0.39 is 0 Å². The van der Waals surface area contributed by atoms with E-state index in [0.717, 1.165) is 72.9 Å². The number of aromatic amines is 2. The summed E-state index contributed by atoms with van der Waals surface area (Å²) in [7, 11) is 0. The maximum Gasteiger partial charge on any atom is 0.124 e. The Kier molecular flexibility index (Phi) is 6.32. The van der Waals surface area contributed by atoms with Gasteiger partial charge in [0.1, 0.15) is 23.0 Å². The Balaban J connectivity index is 1.18. The van der Waals surface area contributed by atoms with Gasteiger partial charge in [0.05, 0.1) is 24.5 Å². The van der Waals surface area contributed by atoms with Gasteiger partial charge in [0.15, 0.2) is 0 Å². The lowest BCUT2D eigenvalue weighted by molar-refractivity contribution is 0.202. The average molecular weight is 505 g/mol. The summed E-state index contributed by atoms with van der Waals surface area (Å²) >= 11 is 0. The Morgan fingerprint density at radius 3 is 1.66 bits per heavy atom. The van der Waals surface area contributed by atoms with Crippen LogP contribution in [0.15, 0.2) is 24.5 Å². The molecule has 1 saturated carbocycles. The van der Waals surface area contributed by atoms with Crippen molar-refractivity contribution in [3.63, 3.8) is 0 Å². The summed E-state index contributed by atoms with van der Waals surface area (Å²) in [4.78, 5) is 16.1. The van der Waals surface area contributed by atoms with Gasteiger partial charge in [-0.1, -0.05) is 31.1 Å². The molecular formula is C32H36N6. The minimum absolute atomic E-state index is 0.333. The molecule has 1 aromatic carbocycles. The predicted molar refractivity (Wildman–Crippen MR) is 148 cm³/mol. The summed E-state index contributed by atoms with van der Waals surface area (Å²) < 4.78 is 0. The molecule has 4 N–H and O–H groups in total. The molecule has 3 fully saturated rings. The number of imidazole rings is 2. The second-order valence-corrected chi connectivity index (χ2v) is 11.7. The van der Waals surface area contributed by atoms with Gasteiger partial charge in [-0.2, -0.15) is 0 Å². The standard InChI is InChI=1S/C32H36N6/c1-2-14-32(15-3-1)18-26-22(10-12-24-20-35-30(37-24)28-6-4-16-33-28)8-9-23(27(26)19-32)11-13-25-21-36-31(38-25)29-7-5-17-34-29/h8-9,20-21,28-29,33-34H,1-7,14-19H2,(H,35,37)(H,36,38)/t28-,29-/m0/s1. The maximum atomic E-state index is 4.59. The van der Waals surface area contributed by atoms with E-state index in [1.165, 1.54) is 56.1 Å². The van der Waals surface area contributed by atoms with E-state index in [1.54, 1.807) is 0 Å². The maximum absolute atomic E-state index is 4.59. The van der Waals surface area contributed by atoms with Gasteiger partial charge in [-0.3, -0.25) is 0 Å². The molecule has 1 spiro atoms. The van der Waals surface area contributed by atoms with Crippen molar-refractivity contribution in [2.75, 3.05) is 13.1 Å². The van der Waals surface area contributed by atoms with Gasteiger partial charge in [0.25, 0.3) is 0 Å². The monoisotopic (exact) mass is 504 g/mol. The molecule has 4 heterocycles. The SMILES string of the molecule is C(#Cc1ccc(C#Cc2cnc([C@@H]3CCCN3)[nH]2)c2c1CC1(CCCCC1)C2)c1cnc([C@@H]2CCCN2)[nH]1. The molecule has 38 heavy (non-hydrogen) atoms. The van der Waals surface area contributed by atoms with Crippen molar-refractivity contribution in [3.05, 3.63) is 69.8 Å². The smallest absolute Gasteiger partial charge is 0.124 e. The Bertz CT molecular complexity index is 1330. The van der Waals surface area contributed by atoms with Gasteiger partial charge >= 0.3 is 0 Å². The Labute approximate surface area is 225 Å². The van der Waals surface area contributed by atoms with Crippen LogP contribution in [-0.2, 0) is 12.8 Å². The summed E-state index contributed by atoms with van der Waals surface area (Å²) in [6.07, 6.45) is 17.4. The molecule has 2 aliphatic carbocycles. The number of fused-ring (bicyclic) bond motifs is 1. The van der Waals surface area contributed by atoms with Crippen molar-refractivity contribution in [2.45, 2.75) is 82.7 Å². The third-order valence-corrected chi connectivity index (χ3v) is 9.08. The molecule has 2 aliphatic heterocycles. The van der Waals surface area contributed by atoms with E-state index in [1.807, 2.05) is 12.4 Å². The van der Waals surface area contributed by atoms with Crippen molar-refractivity contribution in [3.8, 4) is 23.7 Å². The molecule has 0 amide bonds. The lowest BCUT2D eigenvalue weighted by Gasteiger charge is -2.33. The molecule has 0 bridgehead atoms. The number of H-pyrrole nitrogens is 2. The average Bonchev–Trinajstić information content (AvgIpc) is 3.77. The lowest BCUT2D eigenvalue weighted by Crippen LogP contribution is -2.24. The summed E-state index contributed by atoms with van der Waals surface area (Å²) in [5.41, 5.74) is 7.32. The minimum Gasteiger partial charge on any atom is -0.334 e. The van der Waals surface area contributed by atoms with E-state index >= 15 is 0 Å². The highest BCUT2D eigenvalue weighted by Crippen LogP contribution is 2.48. The van der Waals surface area contributed by atoms with Gasteiger partial charge in [-0.05, 0) is 105 Å². The van der Waals surface area contributed by atoms with Crippen LogP contribution < -0.4 is 10.6 Å². The molecule has 2 aromatic heterocycles. The zero-order valence-corrected chi connectivity index (χ0v) is 22.1. The number of rotatable bonds is 2. The summed E-state index contributed by atoms with van der Waals surface area (Å²) in [5.74, 6) is 15.8. The Hall–Kier alpha value is -3.32. The first kappa shape index (κ1) is 23.8. The molecule has 0 radical (unpaired) electrons. The zero-order chi connectivity index (χ0) is 25.4. The van der Waals surface area contributed by atoms with E-state index in [4.69, 9.17) is 0 Å². The van der Waals surface area contributed by atoms with E-state index in [2.05, 4.69) is 66.4 Å². The topological polar surface area (TPSA) is 81.4 Å². The third-order valence-electron chi connectivity index (χ3n) is 9.08. The van der Waals surface area contributed by atoms with E-state index in [0.29, 0.717) is 17.5 Å². The number of benzene rings is 1. The van der Waals surface area contributed by atoms with Gasteiger partial charge in [0, 0.05) is 11.1 Å². The lowest BCUT2D eigenvalue weighted by atomic mass is 9.72. The van der Waals surface area contributed by atoms with Gasteiger partial charge in [-0.15, -0.1) is 0 Å². The quantitative estimate of drug-likeness (QED) is 0.377. The van der Waals surface area contributed by atoms with Crippen LogP contribution >= 0.6 is 0 Å². The van der Waals surface area contributed by atoms with Crippen molar-refractivity contribution >= 4 is 0 Å². The Morgan fingerprint density at radius 1 is 0.658 bits per heavy atom. The zero-order valence-electron chi connectivity index (χ0n) is 22.1. The number of aromatic nitrogens is 4. The number of hydrogen-bond acceptors (Lipinski definition) is 4. The summed E-state index contributed by atoms with van der Waals surface area (Å²) in [6.45, 7) is 2.13. The third kappa shape index (κ3) is 4.68. The normalized spacial score (nSPS) is 23.6. The number of hydrogen-bond donors (Lipinski definition) is 4. The Morgan fingerprint density at radius 2 is 1.18 bits per heavy atom. The van der Waals surface area contributed by atoms with Crippen molar-refractivity contribution < 1.29 is 0 Å². The summed E-state index contributed by atoms with van der Waals surface area (Å²) in [5, 5.41) is 7.02. The molecular weight excluding hydrogens is 468 g/mol. The predicted octanol–water partition coefficient (Wildman–Crippen LogP) is 4.83. The largest absolute Gasteiger partial charge is 0.334 e. The van der Waals surface area contributed by atoms with E-state index in [-0.39, 0.29) is 0 Å². The first-order valence-electron chi connectivity index (χ1n) is 14.5. The highest BCUT2D eigenvalue weighted by Gasteiger charge is 2.40. The van der Waals surface area contributed by atoms with Gasteiger partial charge in [0.2, 0.25) is 0 Å². The fourth-order valence-electron chi connectivity index (χ4n) is 7.06.